The molecule has 0 radical (unpaired) electrons. The lowest BCUT2D eigenvalue weighted by molar-refractivity contribution is -0.144. The summed E-state index contributed by atoms with van der Waals surface area (Å²) in [5, 5.41) is 7.63. The van der Waals surface area contributed by atoms with Gasteiger partial charge in [0.2, 0.25) is 0 Å². The highest BCUT2D eigenvalue weighted by Crippen LogP contribution is 2.12. The van der Waals surface area contributed by atoms with Crippen LogP contribution in [-0.2, 0) is 22.6 Å². The zero-order valence-corrected chi connectivity index (χ0v) is 11.0. The molecule has 0 aliphatic carbocycles. The van der Waals surface area contributed by atoms with Crippen LogP contribution in [0.5, 0.6) is 0 Å². The molecule has 0 aliphatic rings. The number of carbonyl (C=O) groups is 1. The van der Waals surface area contributed by atoms with Gasteiger partial charge in [-0.05, 0) is 27.3 Å². The van der Waals surface area contributed by atoms with Crippen LogP contribution in [0.1, 0.15) is 30.8 Å². The summed E-state index contributed by atoms with van der Waals surface area (Å²) in [5.74, 6) is -0.242. The molecule has 1 rings (SSSR count). The number of carbonyl (C=O) groups excluding carboxylic acids is 1. The number of aryl methyl sites for hydroxylation is 1. The van der Waals surface area contributed by atoms with Gasteiger partial charge in [0.05, 0.1) is 12.3 Å². The van der Waals surface area contributed by atoms with Gasteiger partial charge in [-0.3, -0.25) is 9.48 Å². The minimum absolute atomic E-state index is 0.187. The predicted molar refractivity (Wildman–Crippen MR) is 65.7 cm³/mol. The number of nitrogens with zero attached hydrogens (tertiary/aromatic N) is 2. The van der Waals surface area contributed by atoms with Crippen molar-refractivity contribution in [1.82, 2.24) is 15.1 Å². The van der Waals surface area contributed by atoms with Crippen LogP contribution < -0.4 is 5.32 Å². The van der Waals surface area contributed by atoms with Gasteiger partial charge in [0.25, 0.3) is 0 Å². The third-order valence-corrected chi connectivity index (χ3v) is 2.67. The molecule has 1 aromatic heterocycles. The second-order valence-corrected chi connectivity index (χ2v) is 3.89. The number of esters is 1. The first-order valence-corrected chi connectivity index (χ1v) is 5.99. The molecule has 5 heteroatoms. The first-order chi connectivity index (χ1) is 8.10. The number of nitrogens with one attached hydrogen (secondary N) is 1. The average molecular weight is 239 g/mol. The van der Waals surface area contributed by atoms with E-state index >= 15 is 0 Å². The standard InChI is InChI=1S/C12H21N3O2/c1-5-13-7-11-9(3)14-15(10(11)4)8-12(16)17-6-2/h13H,5-8H2,1-4H3. The Bertz CT molecular complexity index is 385. The number of hydrogen-bond acceptors (Lipinski definition) is 4. The molecule has 0 fully saturated rings. The first kappa shape index (κ1) is 13.7. The molecule has 5 nitrogen and oxygen atoms in total. The Morgan fingerprint density at radius 1 is 1.41 bits per heavy atom. The lowest BCUT2D eigenvalue weighted by Gasteiger charge is -2.05. The van der Waals surface area contributed by atoms with Crippen LogP contribution in [0.2, 0.25) is 0 Å². The van der Waals surface area contributed by atoms with E-state index in [1.807, 2.05) is 13.8 Å². The van der Waals surface area contributed by atoms with Gasteiger partial charge in [-0.15, -0.1) is 0 Å². The molecule has 0 aromatic carbocycles. The van der Waals surface area contributed by atoms with E-state index in [9.17, 15) is 4.79 Å². The Labute approximate surface area is 102 Å². The van der Waals surface area contributed by atoms with Crippen molar-refractivity contribution >= 4 is 5.97 Å². The number of hydrogen-bond donors (Lipinski definition) is 1. The van der Waals surface area contributed by atoms with Crippen molar-refractivity contribution in [2.45, 2.75) is 40.8 Å². The summed E-state index contributed by atoms with van der Waals surface area (Å²) in [5.41, 5.74) is 3.15. The van der Waals surface area contributed by atoms with Crippen molar-refractivity contribution < 1.29 is 9.53 Å². The Morgan fingerprint density at radius 3 is 2.71 bits per heavy atom. The minimum Gasteiger partial charge on any atom is -0.465 e. The summed E-state index contributed by atoms with van der Waals surface area (Å²) in [6, 6.07) is 0. The fourth-order valence-electron chi connectivity index (χ4n) is 1.72. The molecule has 0 spiro atoms. The molecule has 0 saturated heterocycles. The van der Waals surface area contributed by atoms with Crippen molar-refractivity contribution in [2.75, 3.05) is 13.2 Å². The van der Waals surface area contributed by atoms with Crippen LogP contribution >= 0.6 is 0 Å². The number of aromatic nitrogens is 2. The quantitative estimate of drug-likeness (QED) is 0.757. The summed E-state index contributed by atoms with van der Waals surface area (Å²) in [4.78, 5) is 11.4. The van der Waals surface area contributed by atoms with E-state index in [1.54, 1.807) is 11.6 Å². The number of rotatable bonds is 6. The van der Waals surface area contributed by atoms with E-state index in [1.165, 1.54) is 0 Å². The smallest absolute Gasteiger partial charge is 0.327 e. The molecule has 0 saturated carbocycles. The predicted octanol–water partition coefficient (Wildman–Crippen LogP) is 1.17. The fraction of sp³-hybridized carbons (Fsp3) is 0.667. The molecular weight excluding hydrogens is 218 g/mol. The molecule has 0 aliphatic heterocycles. The maximum Gasteiger partial charge on any atom is 0.327 e. The van der Waals surface area contributed by atoms with Crippen LogP contribution in [-0.4, -0.2) is 28.9 Å². The highest BCUT2D eigenvalue weighted by Gasteiger charge is 2.13. The molecule has 17 heavy (non-hydrogen) atoms. The Morgan fingerprint density at radius 2 is 2.12 bits per heavy atom. The van der Waals surface area contributed by atoms with E-state index in [0.717, 1.165) is 30.0 Å². The summed E-state index contributed by atoms with van der Waals surface area (Å²) < 4.78 is 6.62. The molecule has 1 N–H and O–H groups in total. The molecule has 0 amide bonds. The van der Waals surface area contributed by atoms with Gasteiger partial charge in [0.15, 0.2) is 0 Å². The summed E-state index contributed by atoms with van der Waals surface area (Å²) in [7, 11) is 0. The molecule has 1 heterocycles. The lowest BCUT2D eigenvalue weighted by atomic mass is 10.2. The Balaban J connectivity index is 2.77. The van der Waals surface area contributed by atoms with Crippen molar-refractivity contribution in [2.24, 2.45) is 0 Å². The maximum atomic E-state index is 11.4. The van der Waals surface area contributed by atoms with Crippen LogP contribution in [0.15, 0.2) is 0 Å². The molecular formula is C12H21N3O2. The van der Waals surface area contributed by atoms with E-state index in [2.05, 4.69) is 17.3 Å². The summed E-state index contributed by atoms with van der Waals surface area (Å²) in [6.45, 7) is 10.1. The van der Waals surface area contributed by atoms with E-state index in [-0.39, 0.29) is 12.5 Å². The van der Waals surface area contributed by atoms with Gasteiger partial charge in [0.1, 0.15) is 6.54 Å². The number of ether oxygens (including phenoxy) is 1. The van der Waals surface area contributed by atoms with Crippen molar-refractivity contribution in [3.63, 3.8) is 0 Å². The van der Waals surface area contributed by atoms with Crippen LogP contribution in [0.3, 0.4) is 0 Å². The fourth-order valence-corrected chi connectivity index (χ4v) is 1.72. The molecule has 1 aromatic rings. The van der Waals surface area contributed by atoms with Gasteiger partial charge in [-0.1, -0.05) is 6.92 Å². The van der Waals surface area contributed by atoms with Crippen LogP contribution in [0.4, 0.5) is 0 Å². The van der Waals surface area contributed by atoms with Gasteiger partial charge in [-0.25, -0.2) is 0 Å². The van der Waals surface area contributed by atoms with E-state index in [4.69, 9.17) is 4.74 Å². The third kappa shape index (κ3) is 3.56. The van der Waals surface area contributed by atoms with Crippen molar-refractivity contribution in [3.05, 3.63) is 17.0 Å². The Kier molecular flexibility index (Phi) is 5.15. The van der Waals surface area contributed by atoms with Crippen LogP contribution in [0.25, 0.3) is 0 Å². The summed E-state index contributed by atoms with van der Waals surface area (Å²) >= 11 is 0. The zero-order valence-electron chi connectivity index (χ0n) is 11.0. The maximum absolute atomic E-state index is 11.4. The second kappa shape index (κ2) is 6.39. The SMILES string of the molecule is CCNCc1c(C)nn(CC(=O)OCC)c1C. The van der Waals surface area contributed by atoms with E-state index < -0.39 is 0 Å². The van der Waals surface area contributed by atoms with Crippen LogP contribution in [0, 0.1) is 13.8 Å². The van der Waals surface area contributed by atoms with Gasteiger partial charge < -0.3 is 10.1 Å². The van der Waals surface area contributed by atoms with Gasteiger partial charge >= 0.3 is 5.97 Å². The zero-order chi connectivity index (χ0) is 12.8. The first-order valence-electron chi connectivity index (χ1n) is 5.99. The topological polar surface area (TPSA) is 56.2 Å². The van der Waals surface area contributed by atoms with Crippen molar-refractivity contribution in [3.8, 4) is 0 Å². The van der Waals surface area contributed by atoms with E-state index in [0.29, 0.717) is 6.61 Å². The molecule has 0 atom stereocenters. The highest BCUT2D eigenvalue weighted by atomic mass is 16.5. The second-order valence-electron chi connectivity index (χ2n) is 3.89. The Hall–Kier alpha value is -1.36. The third-order valence-electron chi connectivity index (χ3n) is 2.67. The molecule has 0 bridgehead atoms. The van der Waals surface area contributed by atoms with Gasteiger partial charge in [0, 0.05) is 17.8 Å². The molecule has 0 unspecified atom stereocenters. The average Bonchev–Trinajstić information content (AvgIpc) is 2.52. The van der Waals surface area contributed by atoms with Crippen molar-refractivity contribution in [1.29, 1.82) is 0 Å². The molecule has 96 valence electrons. The normalized spacial score (nSPS) is 10.6. The van der Waals surface area contributed by atoms with Gasteiger partial charge in [-0.2, -0.15) is 5.10 Å². The lowest BCUT2D eigenvalue weighted by Crippen LogP contribution is -2.16. The monoisotopic (exact) mass is 239 g/mol. The highest BCUT2D eigenvalue weighted by molar-refractivity contribution is 5.69. The minimum atomic E-state index is -0.242. The summed E-state index contributed by atoms with van der Waals surface area (Å²) in [6.07, 6.45) is 0. The largest absolute Gasteiger partial charge is 0.465 e.